The molecular weight excluding hydrogens is 392 g/mol. The van der Waals surface area contributed by atoms with Crippen LogP contribution in [0.15, 0.2) is 0 Å². The van der Waals surface area contributed by atoms with Crippen molar-refractivity contribution in [3.8, 4) is 0 Å². The SMILES string of the molecule is CC(=O)N[C@H]1C(N(C(=O)[C@H](C)N)[C@H](CCC(N)=O)C(=O)O)O[C@H](CO)[C@H](O)[C@@H]1O. The van der Waals surface area contributed by atoms with Crippen LogP contribution in [-0.4, -0.2) is 98.3 Å². The first-order chi connectivity index (χ1) is 13.4. The third-order valence-electron chi connectivity index (χ3n) is 4.47. The summed E-state index contributed by atoms with van der Waals surface area (Å²) in [6.45, 7) is 1.63. The molecule has 0 aromatic rings. The van der Waals surface area contributed by atoms with Gasteiger partial charge in [-0.05, 0) is 13.3 Å². The molecule has 13 heteroatoms. The van der Waals surface area contributed by atoms with Gasteiger partial charge in [0.2, 0.25) is 17.7 Å². The minimum atomic E-state index is -1.70. The number of aliphatic carboxylic acids is 1. The maximum Gasteiger partial charge on any atom is 0.326 e. The van der Waals surface area contributed by atoms with Gasteiger partial charge in [0, 0.05) is 13.3 Å². The predicted octanol–water partition coefficient (Wildman–Crippen LogP) is -4.18. The molecule has 1 saturated heterocycles. The van der Waals surface area contributed by atoms with Crippen molar-refractivity contribution in [2.24, 2.45) is 11.5 Å². The largest absolute Gasteiger partial charge is 0.480 e. The van der Waals surface area contributed by atoms with Crippen molar-refractivity contribution >= 4 is 23.7 Å². The fraction of sp³-hybridized carbons (Fsp3) is 0.750. The van der Waals surface area contributed by atoms with Crippen molar-refractivity contribution in [2.45, 2.75) is 69.4 Å². The molecule has 0 radical (unpaired) electrons. The highest BCUT2D eigenvalue weighted by atomic mass is 16.5. The lowest BCUT2D eigenvalue weighted by Crippen LogP contribution is -2.71. The van der Waals surface area contributed by atoms with Crippen LogP contribution in [0.1, 0.15) is 26.7 Å². The summed E-state index contributed by atoms with van der Waals surface area (Å²) in [6, 6.07) is -4.30. The predicted molar refractivity (Wildman–Crippen MR) is 95.7 cm³/mol. The van der Waals surface area contributed by atoms with Crippen molar-refractivity contribution in [3.63, 3.8) is 0 Å². The van der Waals surface area contributed by atoms with Crippen LogP contribution in [-0.2, 0) is 23.9 Å². The quantitative estimate of drug-likeness (QED) is 0.190. The molecule has 0 aromatic carbocycles. The minimum Gasteiger partial charge on any atom is -0.480 e. The van der Waals surface area contributed by atoms with Crippen LogP contribution in [0.4, 0.5) is 0 Å². The topological polar surface area (TPSA) is 226 Å². The first kappa shape index (κ1) is 24.7. The Morgan fingerprint density at radius 3 is 2.21 bits per heavy atom. The van der Waals surface area contributed by atoms with Crippen LogP contribution in [0.3, 0.4) is 0 Å². The summed E-state index contributed by atoms with van der Waals surface area (Å²) in [7, 11) is 0. The Bertz CT molecular complexity index is 630. The number of nitrogens with two attached hydrogens (primary N) is 2. The Labute approximate surface area is 166 Å². The van der Waals surface area contributed by atoms with E-state index in [1.807, 2.05) is 0 Å². The molecule has 29 heavy (non-hydrogen) atoms. The van der Waals surface area contributed by atoms with Gasteiger partial charge in [0.15, 0.2) is 6.23 Å². The summed E-state index contributed by atoms with van der Waals surface area (Å²) >= 11 is 0. The number of primary amides is 1. The summed E-state index contributed by atoms with van der Waals surface area (Å²) < 4.78 is 5.50. The molecule has 0 bridgehead atoms. The summed E-state index contributed by atoms with van der Waals surface area (Å²) in [5.74, 6) is -3.89. The van der Waals surface area contributed by atoms with Crippen molar-refractivity contribution in [1.82, 2.24) is 10.2 Å². The van der Waals surface area contributed by atoms with E-state index in [0.29, 0.717) is 4.90 Å². The van der Waals surface area contributed by atoms with E-state index < -0.39 is 79.4 Å². The van der Waals surface area contributed by atoms with Gasteiger partial charge in [-0.15, -0.1) is 0 Å². The first-order valence-electron chi connectivity index (χ1n) is 8.90. The first-order valence-corrected chi connectivity index (χ1v) is 8.90. The van der Waals surface area contributed by atoms with Gasteiger partial charge in [-0.25, -0.2) is 4.79 Å². The zero-order valence-corrected chi connectivity index (χ0v) is 16.1. The Morgan fingerprint density at radius 1 is 1.21 bits per heavy atom. The molecule has 9 N–H and O–H groups in total. The Morgan fingerprint density at radius 2 is 1.79 bits per heavy atom. The number of nitrogens with one attached hydrogen (secondary N) is 1. The van der Waals surface area contributed by atoms with Crippen molar-refractivity contribution in [1.29, 1.82) is 0 Å². The Balaban J connectivity index is 3.46. The number of aliphatic hydroxyl groups is 3. The number of hydrogen-bond acceptors (Lipinski definition) is 9. The number of carboxylic acid groups (broad SMARTS) is 1. The van der Waals surface area contributed by atoms with E-state index in [4.69, 9.17) is 16.2 Å². The molecule has 13 nitrogen and oxygen atoms in total. The molecule has 1 aliphatic heterocycles. The van der Waals surface area contributed by atoms with Gasteiger partial charge in [-0.3, -0.25) is 19.3 Å². The molecule has 7 atom stereocenters. The summed E-state index contributed by atoms with van der Waals surface area (Å²) in [5.41, 5.74) is 10.7. The third-order valence-corrected chi connectivity index (χ3v) is 4.47. The van der Waals surface area contributed by atoms with Gasteiger partial charge in [-0.2, -0.15) is 0 Å². The maximum atomic E-state index is 12.8. The number of aliphatic hydroxyl groups excluding tert-OH is 3. The van der Waals surface area contributed by atoms with Gasteiger partial charge >= 0.3 is 5.97 Å². The molecule has 1 rings (SSSR count). The summed E-state index contributed by atoms with van der Waals surface area (Å²) in [5, 5.41) is 41.9. The summed E-state index contributed by atoms with van der Waals surface area (Å²) in [6.07, 6.45) is -7.10. The van der Waals surface area contributed by atoms with Crippen molar-refractivity contribution in [2.75, 3.05) is 6.61 Å². The molecule has 0 spiro atoms. The van der Waals surface area contributed by atoms with E-state index in [2.05, 4.69) is 5.32 Å². The molecule has 1 aliphatic rings. The van der Waals surface area contributed by atoms with Crippen LogP contribution in [0, 0.1) is 0 Å². The number of carbonyl (C=O) groups excluding carboxylic acids is 3. The number of nitrogens with zero attached hydrogens (tertiary/aromatic N) is 1. The number of carboxylic acids is 1. The number of hydrogen-bond donors (Lipinski definition) is 7. The van der Waals surface area contributed by atoms with Gasteiger partial charge in [0.1, 0.15) is 30.4 Å². The van der Waals surface area contributed by atoms with Crippen molar-refractivity contribution in [3.05, 3.63) is 0 Å². The highest BCUT2D eigenvalue weighted by Gasteiger charge is 2.50. The second-order valence-electron chi connectivity index (χ2n) is 6.85. The third kappa shape index (κ3) is 6.08. The fourth-order valence-corrected chi connectivity index (χ4v) is 3.08. The minimum absolute atomic E-state index is 0.383. The second kappa shape index (κ2) is 10.5. The number of carbonyl (C=O) groups is 4. The van der Waals surface area contributed by atoms with Crippen LogP contribution >= 0.6 is 0 Å². The smallest absolute Gasteiger partial charge is 0.326 e. The highest BCUT2D eigenvalue weighted by Crippen LogP contribution is 2.27. The molecule has 0 aromatic heterocycles. The molecule has 1 fully saturated rings. The van der Waals surface area contributed by atoms with E-state index >= 15 is 0 Å². The summed E-state index contributed by atoms with van der Waals surface area (Å²) in [4.78, 5) is 48.0. The number of amides is 3. The molecule has 0 saturated carbocycles. The standard InChI is InChI=1S/C16H28N4O9/c1-6(17)14(26)20(8(16(27)28)3-4-10(18)23)15-11(19-7(2)22)13(25)12(24)9(5-21)29-15/h6,8-9,11-13,15,21,24-25H,3-5,17H2,1-2H3,(H2,18,23)(H,19,22)(H,27,28)/t6-,8+,9+,11+,12-,13+,15?/m0/s1. The monoisotopic (exact) mass is 420 g/mol. The fourth-order valence-electron chi connectivity index (χ4n) is 3.08. The lowest BCUT2D eigenvalue weighted by Gasteiger charge is -2.48. The average molecular weight is 420 g/mol. The molecule has 0 aliphatic carbocycles. The van der Waals surface area contributed by atoms with Crippen LogP contribution in [0.5, 0.6) is 0 Å². The van der Waals surface area contributed by atoms with Crippen LogP contribution < -0.4 is 16.8 Å². The Kier molecular flexibility index (Phi) is 8.91. The second-order valence-corrected chi connectivity index (χ2v) is 6.85. The van der Waals surface area contributed by atoms with Gasteiger partial charge in [-0.1, -0.05) is 0 Å². The zero-order valence-electron chi connectivity index (χ0n) is 16.1. The molecule has 166 valence electrons. The van der Waals surface area contributed by atoms with Gasteiger partial charge < -0.3 is 41.9 Å². The van der Waals surface area contributed by atoms with Crippen LogP contribution in [0.2, 0.25) is 0 Å². The molecule has 1 heterocycles. The zero-order chi connectivity index (χ0) is 22.5. The number of ether oxygens (including phenoxy) is 1. The molecular formula is C16H28N4O9. The normalized spacial score (nSPS) is 28.8. The Hall–Kier alpha value is -2.32. The maximum absolute atomic E-state index is 12.8. The van der Waals surface area contributed by atoms with E-state index in [0.717, 1.165) is 6.92 Å². The molecule has 3 amide bonds. The average Bonchev–Trinajstić information content (AvgIpc) is 2.62. The van der Waals surface area contributed by atoms with E-state index in [-0.39, 0.29) is 6.42 Å². The molecule has 1 unspecified atom stereocenters. The lowest BCUT2D eigenvalue weighted by molar-refractivity contribution is -0.237. The van der Waals surface area contributed by atoms with Gasteiger partial charge in [0.25, 0.3) is 0 Å². The highest BCUT2D eigenvalue weighted by molar-refractivity contribution is 5.87. The van der Waals surface area contributed by atoms with Crippen molar-refractivity contribution < 1.29 is 44.3 Å². The van der Waals surface area contributed by atoms with E-state index in [1.54, 1.807) is 0 Å². The number of rotatable bonds is 9. The van der Waals surface area contributed by atoms with E-state index in [1.165, 1.54) is 6.92 Å². The van der Waals surface area contributed by atoms with E-state index in [9.17, 15) is 39.6 Å². The van der Waals surface area contributed by atoms with Crippen LogP contribution in [0.25, 0.3) is 0 Å². The van der Waals surface area contributed by atoms with Gasteiger partial charge in [0.05, 0.1) is 12.6 Å². The lowest BCUT2D eigenvalue weighted by atomic mass is 9.93.